The molecule has 0 bridgehead atoms. The molecule has 0 spiro atoms. The van der Waals surface area contributed by atoms with E-state index in [1.807, 2.05) is 4.72 Å². The number of rotatable bonds is 6. The highest BCUT2D eigenvalue weighted by atomic mass is 32.2. The fourth-order valence-electron chi connectivity index (χ4n) is 1.41. The van der Waals surface area contributed by atoms with Gasteiger partial charge in [-0.2, -0.15) is 4.72 Å². The van der Waals surface area contributed by atoms with Gasteiger partial charge >= 0.3 is 11.9 Å². The van der Waals surface area contributed by atoms with Crippen molar-refractivity contribution in [1.29, 1.82) is 0 Å². The van der Waals surface area contributed by atoms with Crippen molar-refractivity contribution in [3.63, 3.8) is 0 Å². The highest BCUT2D eigenvalue weighted by Crippen LogP contribution is 2.13. The quantitative estimate of drug-likeness (QED) is 0.724. The molecule has 0 aliphatic carbocycles. The van der Waals surface area contributed by atoms with E-state index in [4.69, 9.17) is 5.11 Å². The molecule has 1 atom stereocenters. The van der Waals surface area contributed by atoms with Crippen molar-refractivity contribution in [2.45, 2.75) is 24.3 Å². The van der Waals surface area contributed by atoms with Gasteiger partial charge in [-0.15, -0.1) is 0 Å². The van der Waals surface area contributed by atoms with Gasteiger partial charge in [0.15, 0.2) is 0 Å². The number of sulfonamides is 1. The number of carboxylic acid groups (broad SMARTS) is 1. The minimum absolute atomic E-state index is 0.0612. The lowest BCUT2D eigenvalue weighted by Gasteiger charge is -2.11. The van der Waals surface area contributed by atoms with Gasteiger partial charge in [0.2, 0.25) is 10.0 Å². The predicted octanol–water partition coefficient (Wildman–Crippen LogP) is 0.153. The molecule has 7 nitrogen and oxygen atoms in total. The van der Waals surface area contributed by atoms with Crippen molar-refractivity contribution in [3.8, 4) is 0 Å². The van der Waals surface area contributed by atoms with Crippen LogP contribution < -0.4 is 4.72 Å². The minimum Gasteiger partial charge on any atom is -0.480 e. The van der Waals surface area contributed by atoms with Crippen LogP contribution in [-0.4, -0.2) is 38.6 Å². The van der Waals surface area contributed by atoms with Crippen LogP contribution in [0.4, 0.5) is 0 Å². The third-order valence-electron chi connectivity index (χ3n) is 2.49. The van der Waals surface area contributed by atoms with Gasteiger partial charge < -0.3 is 9.84 Å². The number of hydrogen-bond donors (Lipinski definition) is 2. The van der Waals surface area contributed by atoms with Crippen LogP contribution in [0, 0.1) is 0 Å². The first-order valence-electron chi connectivity index (χ1n) is 5.67. The Labute approximate surface area is 116 Å². The van der Waals surface area contributed by atoms with Crippen LogP contribution in [0.2, 0.25) is 0 Å². The number of carbonyl (C=O) groups excluding carboxylic acids is 1. The summed E-state index contributed by atoms with van der Waals surface area (Å²) in [5.74, 6) is -1.77. The van der Waals surface area contributed by atoms with Crippen LogP contribution in [0.15, 0.2) is 29.2 Å². The van der Waals surface area contributed by atoms with Crippen molar-refractivity contribution >= 4 is 22.0 Å². The molecule has 0 saturated carbocycles. The van der Waals surface area contributed by atoms with Gasteiger partial charge in [-0.25, -0.2) is 8.42 Å². The van der Waals surface area contributed by atoms with E-state index in [1.54, 1.807) is 6.07 Å². The number of hydrogen-bond acceptors (Lipinski definition) is 5. The van der Waals surface area contributed by atoms with Crippen LogP contribution >= 0.6 is 0 Å². The Bertz CT molecular complexity index is 610. The van der Waals surface area contributed by atoms with Crippen molar-refractivity contribution in [1.82, 2.24) is 4.72 Å². The first-order valence-corrected chi connectivity index (χ1v) is 7.15. The van der Waals surface area contributed by atoms with E-state index in [2.05, 4.69) is 4.74 Å². The monoisotopic (exact) mass is 301 g/mol. The van der Waals surface area contributed by atoms with Gasteiger partial charge in [0.25, 0.3) is 0 Å². The predicted molar refractivity (Wildman–Crippen MR) is 69.6 cm³/mol. The van der Waals surface area contributed by atoms with Crippen LogP contribution in [0.5, 0.6) is 0 Å². The average Bonchev–Trinajstić information content (AvgIpc) is 2.38. The Balaban J connectivity index is 2.98. The summed E-state index contributed by atoms with van der Waals surface area (Å²) in [6.07, 6.45) is -0.0612. The summed E-state index contributed by atoms with van der Waals surface area (Å²) in [6, 6.07) is 4.42. The van der Waals surface area contributed by atoms with Gasteiger partial charge in [0.1, 0.15) is 6.04 Å². The Hall–Kier alpha value is -1.93. The minimum atomic E-state index is -3.95. The van der Waals surface area contributed by atoms with Gasteiger partial charge in [0.05, 0.1) is 18.4 Å². The molecule has 2 N–H and O–H groups in total. The molecule has 0 radical (unpaired) electrons. The molecule has 1 aromatic carbocycles. The molecule has 0 saturated heterocycles. The van der Waals surface area contributed by atoms with Gasteiger partial charge in [-0.05, 0) is 24.6 Å². The summed E-state index contributed by atoms with van der Waals surface area (Å²) in [4.78, 5) is 21.7. The van der Waals surface area contributed by atoms with Crippen LogP contribution in [-0.2, 0) is 30.8 Å². The van der Waals surface area contributed by atoms with E-state index in [1.165, 1.54) is 32.2 Å². The maximum Gasteiger partial charge on any atom is 0.321 e. The molecular formula is C12H15NO6S. The molecule has 1 rings (SSSR count). The topological polar surface area (TPSA) is 110 Å². The van der Waals surface area contributed by atoms with E-state index in [0.717, 1.165) is 0 Å². The van der Waals surface area contributed by atoms with Crippen LogP contribution in [0.25, 0.3) is 0 Å². The molecule has 1 unspecified atom stereocenters. The Kier molecular flexibility index (Phi) is 5.23. The number of methoxy groups -OCH3 is 1. The van der Waals surface area contributed by atoms with E-state index in [9.17, 15) is 18.0 Å². The average molecular weight is 301 g/mol. The second-order valence-electron chi connectivity index (χ2n) is 4.08. The molecule has 0 aliphatic heterocycles. The van der Waals surface area contributed by atoms with Crippen LogP contribution in [0.3, 0.4) is 0 Å². The Morgan fingerprint density at radius 2 is 2.05 bits per heavy atom. The molecule has 0 aromatic heterocycles. The van der Waals surface area contributed by atoms with E-state index in [0.29, 0.717) is 5.56 Å². The second-order valence-corrected chi connectivity index (χ2v) is 5.80. The number of nitrogens with one attached hydrogen (secondary N) is 1. The normalized spacial score (nSPS) is 12.7. The standard InChI is InChI=1S/C12H15NO6S/c1-8(12(15)16)13-20(17,18)10-5-3-4-9(6-10)7-11(14)19-2/h3-6,8,13H,7H2,1-2H3,(H,15,16). The van der Waals surface area contributed by atoms with Crippen molar-refractivity contribution in [3.05, 3.63) is 29.8 Å². The zero-order chi connectivity index (χ0) is 15.3. The van der Waals surface area contributed by atoms with Crippen molar-refractivity contribution in [2.75, 3.05) is 7.11 Å². The number of aliphatic carboxylic acids is 1. The summed E-state index contributed by atoms with van der Waals surface area (Å²) in [6.45, 7) is 1.22. The summed E-state index contributed by atoms with van der Waals surface area (Å²) < 4.78 is 30.4. The second kappa shape index (κ2) is 6.49. The number of benzene rings is 1. The lowest BCUT2D eigenvalue weighted by molar-refractivity contribution is -0.140. The maximum absolute atomic E-state index is 12.0. The third-order valence-corrected chi connectivity index (χ3v) is 4.03. The maximum atomic E-state index is 12.0. The first kappa shape index (κ1) is 16.1. The van der Waals surface area contributed by atoms with E-state index < -0.39 is 28.0 Å². The van der Waals surface area contributed by atoms with E-state index >= 15 is 0 Å². The zero-order valence-corrected chi connectivity index (χ0v) is 11.8. The lowest BCUT2D eigenvalue weighted by atomic mass is 10.1. The molecule has 20 heavy (non-hydrogen) atoms. The largest absolute Gasteiger partial charge is 0.480 e. The van der Waals surface area contributed by atoms with E-state index in [-0.39, 0.29) is 11.3 Å². The summed E-state index contributed by atoms with van der Waals surface area (Å²) in [7, 11) is -2.72. The number of carboxylic acids is 1. The molecule has 0 heterocycles. The smallest absolute Gasteiger partial charge is 0.321 e. The molecule has 110 valence electrons. The van der Waals surface area contributed by atoms with Crippen molar-refractivity contribution < 1.29 is 27.9 Å². The zero-order valence-electron chi connectivity index (χ0n) is 11.0. The molecule has 8 heteroatoms. The summed E-state index contributed by atoms with van der Waals surface area (Å²) in [5, 5.41) is 8.71. The SMILES string of the molecule is COC(=O)Cc1cccc(S(=O)(=O)NC(C)C(=O)O)c1. The molecule has 0 fully saturated rings. The molecule has 1 aromatic rings. The van der Waals surface area contributed by atoms with Gasteiger partial charge in [-0.1, -0.05) is 12.1 Å². The summed E-state index contributed by atoms with van der Waals surface area (Å²) >= 11 is 0. The fourth-order valence-corrected chi connectivity index (χ4v) is 2.68. The molecule has 0 aliphatic rings. The lowest BCUT2D eigenvalue weighted by Crippen LogP contribution is -2.38. The third kappa shape index (κ3) is 4.32. The number of esters is 1. The number of carbonyl (C=O) groups is 2. The Morgan fingerprint density at radius 1 is 1.40 bits per heavy atom. The summed E-state index contributed by atoms with van der Waals surface area (Å²) in [5.41, 5.74) is 0.461. The molecule has 0 amide bonds. The molecular weight excluding hydrogens is 286 g/mol. The fraction of sp³-hybridized carbons (Fsp3) is 0.333. The highest BCUT2D eigenvalue weighted by molar-refractivity contribution is 7.89. The van der Waals surface area contributed by atoms with Gasteiger partial charge in [0, 0.05) is 0 Å². The highest BCUT2D eigenvalue weighted by Gasteiger charge is 2.21. The first-order chi connectivity index (χ1) is 9.26. The number of ether oxygens (including phenoxy) is 1. The van der Waals surface area contributed by atoms with Crippen LogP contribution in [0.1, 0.15) is 12.5 Å². The van der Waals surface area contributed by atoms with Gasteiger partial charge in [-0.3, -0.25) is 9.59 Å². The Morgan fingerprint density at radius 3 is 2.60 bits per heavy atom. The van der Waals surface area contributed by atoms with Crippen molar-refractivity contribution in [2.24, 2.45) is 0 Å².